The summed E-state index contributed by atoms with van der Waals surface area (Å²) in [5.74, 6) is 0.329. The van der Waals surface area contributed by atoms with Gasteiger partial charge in [-0.05, 0) is 30.9 Å². The molecule has 1 atom stereocenters. The van der Waals surface area contributed by atoms with Gasteiger partial charge in [-0.2, -0.15) is 0 Å². The molecule has 1 aliphatic heterocycles. The first-order valence-corrected chi connectivity index (χ1v) is 7.77. The fourth-order valence-corrected chi connectivity index (χ4v) is 3.15. The van der Waals surface area contributed by atoms with E-state index in [4.69, 9.17) is 11.6 Å². The zero-order valence-corrected chi connectivity index (χ0v) is 13.3. The molecule has 0 amide bonds. The molecule has 1 fully saturated rings. The molecular formula is C16H24ClFN2. The average molecular weight is 299 g/mol. The molecular weight excluding hydrogens is 275 g/mol. The zero-order valence-electron chi connectivity index (χ0n) is 12.5. The van der Waals surface area contributed by atoms with E-state index >= 15 is 0 Å². The number of nitrogens with one attached hydrogen (secondary N) is 1. The summed E-state index contributed by atoms with van der Waals surface area (Å²) >= 11 is 6.41. The van der Waals surface area contributed by atoms with Gasteiger partial charge in [-0.15, -0.1) is 0 Å². The van der Waals surface area contributed by atoms with Crippen LogP contribution in [-0.2, 0) is 0 Å². The van der Waals surface area contributed by atoms with Crippen molar-refractivity contribution < 1.29 is 4.39 Å². The Morgan fingerprint density at radius 2 is 1.95 bits per heavy atom. The second kappa shape index (κ2) is 6.88. The van der Waals surface area contributed by atoms with E-state index < -0.39 is 0 Å². The Kier molecular flexibility index (Phi) is 5.42. The van der Waals surface area contributed by atoms with Crippen LogP contribution in [0.15, 0.2) is 12.1 Å². The summed E-state index contributed by atoms with van der Waals surface area (Å²) in [7, 11) is 0. The monoisotopic (exact) mass is 298 g/mol. The van der Waals surface area contributed by atoms with E-state index in [2.05, 4.69) is 24.1 Å². The topological polar surface area (TPSA) is 15.3 Å². The van der Waals surface area contributed by atoms with Crippen molar-refractivity contribution in [1.29, 1.82) is 0 Å². The molecule has 1 N–H and O–H groups in total. The molecule has 1 heterocycles. The minimum absolute atomic E-state index is 0.0736. The van der Waals surface area contributed by atoms with Crippen LogP contribution < -0.4 is 5.32 Å². The van der Waals surface area contributed by atoms with Crippen LogP contribution in [0.2, 0.25) is 5.02 Å². The third-order valence-electron chi connectivity index (χ3n) is 3.94. The van der Waals surface area contributed by atoms with E-state index in [0.717, 1.165) is 38.2 Å². The maximum absolute atomic E-state index is 14.4. The molecule has 2 nitrogen and oxygen atoms in total. The predicted molar refractivity (Wildman–Crippen MR) is 82.8 cm³/mol. The second-order valence-electron chi connectivity index (χ2n) is 6.02. The Morgan fingerprint density at radius 1 is 1.30 bits per heavy atom. The standard InChI is InChI=1S/C16H24ClFN2/c1-11(2)10-14(20-8-6-19-7-9-20)15-13(18)5-4-12(3)16(15)17/h4-5,11,14,19H,6-10H2,1-3H3/t14-/m1/s1. The molecule has 0 aliphatic carbocycles. The van der Waals surface area contributed by atoms with E-state index in [1.165, 1.54) is 0 Å². The quantitative estimate of drug-likeness (QED) is 0.910. The molecule has 1 aliphatic rings. The lowest BCUT2D eigenvalue weighted by Crippen LogP contribution is -2.45. The van der Waals surface area contributed by atoms with E-state index in [1.807, 2.05) is 6.92 Å². The van der Waals surface area contributed by atoms with Crippen molar-refractivity contribution in [2.24, 2.45) is 5.92 Å². The third-order valence-corrected chi connectivity index (χ3v) is 4.44. The molecule has 1 aromatic carbocycles. The first-order valence-electron chi connectivity index (χ1n) is 7.40. The minimum atomic E-state index is -0.176. The van der Waals surface area contributed by atoms with Gasteiger partial charge in [-0.25, -0.2) is 4.39 Å². The Hall–Kier alpha value is -0.640. The van der Waals surface area contributed by atoms with Gasteiger partial charge in [0, 0.05) is 37.8 Å². The average Bonchev–Trinajstić information content (AvgIpc) is 2.43. The fraction of sp³-hybridized carbons (Fsp3) is 0.625. The summed E-state index contributed by atoms with van der Waals surface area (Å²) in [5, 5.41) is 3.94. The maximum atomic E-state index is 14.4. The predicted octanol–water partition coefficient (Wildman–Crippen LogP) is 3.78. The van der Waals surface area contributed by atoms with Crippen LogP contribution >= 0.6 is 11.6 Å². The Morgan fingerprint density at radius 3 is 2.55 bits per heavy atom. The van der Waals surface area contributed by atoms with E-state index in [1.54, 1.807) is 12.1 Å². The van der Waals surface area contributed by atoms with Crippen LogP contribution in [0.4, 0.5) is 4.39 Å². The van der Waals surface area contributed by atoms with Gasteiger partial charge in [0.1, 0.15) is 5.82 Å². The number of hydrogen-bond donors (Lipinski definition) is 1. The van der Waals surface area contributed by atoms with Crippen molar-refractivity contribution >= 4 is 11.6 Å². The summed E-state index contributed by atoms with van der Waals surface area (Å²) in [6, 6.07) is 3.38. The number of piperazine rings is 1. The Bertz CT molecular complexity index is 456. The van der Waals surface area contributed by atoms with Crippen LogP contribution in [0.25, 0.3) is 0 Å². The van der Waals surface area contributed by atoms with E-state index in [9.17, 15) is 4.39 Å². The molecule has 0 bridgehead atoms. The van der Waals surface area contributed by atoms with Crippen molar-refractivity contribution in [2.75, 3.05) is 26.2 Å². The summed E-state index contributed by atoms with van der Waals surface area (Å²) in [5.41, 5.74) is 1.63. The van der Waals surface area contributed by atoms with Gasteiger partial charge in [-0.3, -0.25) is 4.90 Å². The highest BCUT2D eigenvalue weighted by atomic mass is 35.5. The molecule has 20 heavy (non-hydrogen) atoms. The third kappa shape index (κ3) is 3.51. The van der Waals surface area contributed by atoms with Crippen LogP contribution in [-0.4, -0.2) is 31.1 Å². The maximum Gasteiger partial charge on any atom is 0.129 e. The van der Waals surface area contributed by atoms with Crippen molar-refractivity contribution in [3.8, 4) is 0 Å². The number of aryl methyl sites for hydroxylation is 1. The van der Waals surface area contributed by atoms with Crippen LogP contribution in [0.5, 0.6) is 0 Å². The Balaban J connectivity index is 2.37. The lowest BCUT2D eigenvalue weighted by Gasteiger charge is -2.37. The lowest BCUT2D eigenvalue weighted by molar-refractivity contribution is 0.151. The molecule has 4 heteroatoms. The van der Waals surface area contributed by atoms with Gasteiger partial charge in [0.15, 0.2) is 0 Å². The van der Waals surface area contributed by atoms with Crippen molar-refractivity contribution in [3.05, 3.63) is 34.1 Å². The van der Waals surface area contributed by atoms with Gasteiger partial charge in [0.05, 0.1) is 5.02 Å². The van der Waals surface area contributed by atoms with E-state index in [-0.39, 0.29) is 11.9 Å². The summed E-state index contributed by atoms with van der Waals surface area (Å²) in [6.45, 7) is 10.1. The van der Waals surface area contributed by atoms with Crippen LogP contribution in [0.1, 0.15) is 37.4 Å². The van der Waals surface area contributed by atoms with Crippen LogP contribution in [0, 0.1) is 18.7 Å². The Labute approximate surface area is 126 Å². The first kappa shape index (κ1) is 15.7. The number of nitrogens with zero attached hydrogens (tertiary/aromatic N) is 1. The molecule has 0 radical (unpaired) electrons. The molecule has 1 aromatic rings. The van der Waals surface area contributed by atoms with E-state index in [0.29, 0.717) is 16.5 Å². The second-order valence-corrected chi connectivity index (χ2v) is 6.40. The highest BCUT2D eigenvalue weighted by Gasteiger charge is 2.27. The highest BCUT2D eigenvalue weighted by molar-refractivity contribution is 6.32. The number of benzene rings is 1. The molecule has 0 spiro atoms. The SMILES string of the molecule is Cc1ccc(F)c([C@@H](CC(C)C)N2CCNCC2)c1Cl. The van der Waals surface area contributed by atoms with Gasteiger partial charge < -0.3 is 5.32 Å². The van der Waals surface area contributed by atoms with Gasteiger partial charge in [-0.1, -0.05) is 31.5 Å². The number of halogens is 2. The summed E-state index contributed by atoms with van der Waals surface area (Å²) < 4.78 is 14.4. The number of hydrogen-bond acceptors (Lipinski definition) is 2. The number of rotatable bonds is 4. The molecule has 2 rings (SSSR count). The normalized spacial score (nSPS) is 18.5. The van der Waals surface area contributed by atoms with Crippen molar-refractivity contribution in [2.45, 2.75) is 33.2 Å². The lowest BCUT2D eigenvalue weighted by atomic mass is 9.93. The molecule has 0 saturated carbocycles. The molecule has 112 valence electrons. The van der Waals surface area contributed by atoms with Crippen molar-refractivity contribution in [3.63, 3.8) is 0 Å². The van der Waals surface area contributed by atoms with Gasteiger partial charge in [0.2, 0.25) is 0 Å². The summed E-state index contributed by atoms with van der Waals surface area (Å²) in [4.78, 5) is 2.36. The van der Waals surface area contributed by atoms with Gasteiger partial charge in [0.25, 0.3) is 0 Å². The molecule has 1 saturated heterocycles. The first-order chi connectivity index (χ1) is 9.50. The highest BCUT2D eigenvalue weighted by Crippen LogP contribution is 2.36. The fourth-order valence-electron chi connectivity index (χ4n) is 2.87. The largest absolute Gasteiger partial charge is 0.314 e. The summed E-state index contributed by atoms with van der Waals surface area (Å²) in [6.07, 6.45) is 0.931. The van der Waals surface area contributed by atoms with Crippen molar-refractivity contribution in [1.82, 2.24) is 10.2 Å². The smallest absolute Gasteiger partial charge is 0.129 e. The zero-order chi connectivity index (χ0) is 14.7. The molecule has 0 unspecified atom stereocenters. The molecule has 0 aromatic heterocycles. The minimum Gasteiger partial charge on any atom is -0.314 e. The van der Waals surface area contributed by atoms with Crippen LogP contribution in [0.3, 0.4) is 0 Å². The van der Waals surface area contributed by atoms with Gasteiger partial charge >= 0.3 is 0 Å².